The zero-order valence-corrected chi connectivity index (χ0v) is 8.34. The van der Waals surface area contributed by atoms with Crippen molar-refractivity contribution in [3.63, 3.8) is 0 Å². The van der Waals surface area contributed by atoms with Crippen LogP contribution in [0.2, 0.25) is 0 Å². The molecule has 0 nitrogen and oxygen atoms in total. The summed E-state index contributed by atoms with van der Waals surface area (Å²) < 4.78 is 13.4. The van der Waals surface area contributed by atoms with Gasteiger partial charge in [0.15, 0.2) is 0 Å². The minimum Gasteiger partial charge on any atom is -0.206 e. The number of benzene rings is 1. The molecule has 0 bridgehead atoms. The van der Waals surface area contributed by atoms with Gasteiger partial charge in [0, 0.05) is 5.88 Å². The highest BCUT2D eigenvalue weighted by atomic mass is 79.9. The van der Waals surface area contributed by atoms with E-state index in [9.17, 15) is 4.39 Å². The molecule has 0 radical (unpaired) electrons. The van der Waals surface area contributed by atoms with Gasteiger partial charge in [-0.05, 0) is 40.0 Å². The fraction of sp³-hybridized carbons (Fsp3) is 0.250. The van der Waals surface area contributed by atoms with E-state index in [-0.39, 0.29) is 5.82 Å². The number of hydrogen-bond donors (Lipinski definition) is 0. The first-order chi connectivity index (χ1) is 5.15. The summed E-state index contributed by atoms with van der Waals surface area (Å²) in [4.78, 5) is 0. The summed E-state index contributed by atoms with van der Waals surface area (Å²) in [6, 6.07) is 3.33. The van der Waals surface area contributed by atoms with Gasteiger partial charge in [0.2, 0.25) is 0 Å². The zero-order chi connectivity index (χ0) is 8.43. The van der Waals surface area contributed by atoms with Crippen molar-refractivity contribution in [3.05, 3.63) is 33.5 Å². The number of rotatable bonds is 1. The fourth-order valence-corrected chi connectivity index (χ4v) is 1.64. The Morgan fingerprint density at radius 3 is 2.73 bits per heavy atom. The van der Waals surface area contributed by atoms with Crippen molar-refractivity contribution >= 4 is 27.5 Å². The third-order valence-electron chi connectivity index (χ3n) is 1.39. The molecule has 1 aromatic rings. The maximum Gasteiger partial charge on any atom is 0.137 e. The Hall–Kier alpha value is -0.0800. The van der Waals surface area contributed by atoms with Gasteiger partial charge in [-0.25, -0.2) is 4.39 Å². The summed E-state index contributed by atoms with van der Waals surface area (Å²) in [6.45, 7) is 1.84. The van der Waals surface area contributed by atoms with Gasteiger partial charge in [0.1, 0.15) is 5.82 Å². The Labute approximate surface area is 78.5 Å². The van der Waals surface area contributed by atoms with Crippen LogP contribution >= 0.6 is 27.5 Å². The Kier molecular flexibility index (Phi) is 2.90. The first-order valence-electron chi connectivity index (χ1n) is 3.15. The molecule has 0 unspecified atom stereocenters. The second kappa shape index (κ2) is 3.55. The monoisotopic (exact) mass is 236 g/mol. The number of alkyl halides is 1. The molecule has 0 heterocycles. The lowest BCUT2D eigenvalue weighted by Crippen LogP contribution is -1.87. The minimum atomic E-state index is -0.249. The van der Waals surface area contributed by atoms with Crippen LogP contribution < -0.4 is 0 Å². The van der Waals surface area contributed by atoms with Gasteiger partial charge >= 0.3 is 0 Å². The molecule has 60 valence electrons. The first-order valence-corrected chi connectivity index (χ1v) is 4.48. The van der Waals surface area contributed by atoms with E-state index in [1.165, 1.54) is 6.07 Å². The van der Waals surface area contributed by atoms with Crippen molar-refractivity contribution in [1.82, 2.24) is 0 Å². The number of halogens is 3. The molecule has 1 rings (SSSR count). The lowest BCUT2D eigenvalue weighted by molar-refractivity contribution is 0.618. The molecule has 0 spiro atoms. The van der Waals surface area contributed by atoms with Crippen LogP contribution in [0, 0.1) is 12.7 Å². The van der Waals surface area contributed by atoms with Gasteiger partial charge < -0.3 is 0 Å². The smallest absolute Gasteiger partial charge is 0.137 e. The van der Waals surface area contributed by atoms with Gasteiger partial charge in [0.25, 0.3) is 0 Å². The summed E-state index contributed by atoms with van der Waals surface area (Å²) in [7, 11) is 0. The summed E-state index contributed by atoms with van der Waals surface area (Å²) in [5.41, 5.74) is 1.69. The number of hydrogen-bond acceptors (Lipinski definition) is 0. The Bertz CT molecular complexity index is 273. The maximum atomic E-state index is 12.9. The lowest BCUT2D eigenvalue weighted by Gasteiger charge is -2.02. The third-order valence-corrected chi connectivity index (χ3v) is 2.57. The van der Waals surface area contributed by atoms with Gasteiger partial charge in [-0.15, -0.1) is 11.6 Å². The maximum absolute atomic E-state index is 12.9. The largest absolute Gasteiger partial charge is 0.206 e. The van der Waals surface area contributed by atoms with Gasteiger partial charge in [-0.2, -0.15) is 0 Å². The molecule has 0 aliphatic rings. The summed E-state index contributed by atoms with van der Waals surface area (Å²) in [5.74, 6) is 0.0831. The van der Waals surface area contributed by atoms with Crippen molar-refractivity contribution < 1.29 is 4.39 Å². The second-order valence-corrected chi connectivity index (χ2v) is 3.41. The van der Waals surface area contributed by atoms with E-state index in [0.717, 1.165) is 11.1 Å². The molecule has 0 amide bonds. The summed E-state index contributed by atoms with van der Waals surface area (Å²) in [5, 5.41) is 0. The molecular weight excluding hydrogens is 230 g/mol. The molecule has 11 heavy (non-hydrogen) atoms. The van der Waals surface area contributed by atoms with E-state index in [1.54, 1.807) is 0 Å². The quantitative estimate of drug-likeness (QED) is 0.654. The Morgan fingerprint density at radius 2 is 2.18 bits per heavy atom. The zero-order valence-electron chi connectivity index (χ0n) is 6.00. The lowest BCUT2D eigenvalue weighted by atomic mass is 10.1. The highest BCUT2D eigenvalue weighted by Crippen LogP contribution is 2.23. The summed E-state index contributed by atoms with van der Waals surface area (Å²) >= 11 is 8.69. The van der Waals surface area contributed by atoms with E-state index in [1.807, 2.05) is 13.0 Å². The van der Waals surface area contributed by atoms with Crippen LogP contribution in [0.5, 0.6) is 0 Å². The molecule has 1 aromatic carbocycles. The molecule has 0 aliphatic heterocycles. The van der Waals surface area contributed by atoms with Crippen molar-refractivity contribution in [2.45, 2.75) is 12.8 Å². The van der Waals surface area contributed by atoms with Crippen molar-refractivity contribution in [2.24, 2.45) is 0 Å². The molecule has 0 atom stereocenters. The van der Waals surface area contributed by atoms with E-state index in [0.29, 0.717) is 10.4 Å². The normalized spacial score (nSPS) is 10.2. The third kappa shape index (κ3) is 1.94. The SMILES string of the molecule is Cc1cc(F)c(Br)c(CCl)c1. The van der Waals surface area contributed by atoms with Crippen LogP contribution in [0.25, 0.3) is 0 Å². The van der Waals surface area contributed by atoms with Gasteiger partial charge in [0.05, 0.1) is 4.47 Å². The topological polar surface area (TPSA) is 0 Å². The predicted molar refractivity (Wildman–Crippen MR) is 48.4 cm³/mol. The van der Waals surface area contributed by atoms with Crippen molar-refractivity contribution in [1.29, 1.82) is 0 Å². The van der Waals surface area contributed by atoms with Crippen LogP contribution in [-0.2, 0) is 5.88 Å². The van der Waals surface area contributed by atoms with E-state index in [4.69, 9.17) is 11.6 Å². The van der Waals surface area contributed by atoms with Gasteiger partial charge in [-0.3, -0.25) is 0 Å². The molecule has 0 saturated heterocycles. The molecule has 0 saturated carbocycles. The molecule has 0 aromatic heterocycles. The van der Waals surface area contributed by atoms with Crippen LogP contribution in [0.3, 0.4) is 0 Å². The van der Waals surface area contributed by atoms with Crippen LogP contribution in [0.1, 0.15) is 11.1 Å². The molecule has 3 heteroatoms. The standard InChI is InChI=1S/C8H7BrClF/c1-5-2-6(4-10)8(9)7(11)3-5/h2-3H,4H2,1H3. The number of aryl methyl sites for hydroxylation is 1. The molecule has 0 N–H and O–H groups in total. The first kappa shape index (κ1) is 9.01. The highest BCUT2D eigenvalue weighted by Gasteiger charge is 2.04. The Balaban J connectivity index is 3.24. The average Bonchev–Trinajstić information content (AvgIpc) is 1.96. The molecule has 0 fully saturated rings. The van der Waals surface area contributed by atoms with E-state index in [2.05, 4.69) is 15.9 Å². The average molecular weight is 237 g/mol. The predicted octanol–water partition coefficient (Wildman–Crippen LogP) is 3.64. The van der Waals surface area contributed by atoms with Crippen LogP contribution in [0.4, 0.5) is 4.39 Å². The van der Waals surface area contributed by atoms with E-state index >= 15 is 0 Å². The minimum absolute atomic E-state index is 0.249. The molecular formula is C8H7BrClF. The second-order valence-electron chi connectivity index (χ2n) is 2.35. The van der Waals surface area contributed by atoms with Crippen molar-refractivity contribution in [2.75, 3.05) is 0 Å². The van der Waals surface area contributed by atoms with E-state index < -0.39 is 0 Å². The highest BCUT2D eigenvalue weighted by molar-refractivity contribution is 9.10. The van der Waals surface area contributed by atoms with Crippen LogP contribution in [0.15, 0.2) is 16.6 Å². The molecule has 0 aliphatic carbocycles. The Morgan fingerprint density at radius 1 is 1.55 bits per heavy atom. The fourth-order valence-electron chi connectivity index (χ4n) is 0.894. The van der Waals surface area contributed by atoms with Crippen LogP contribution in [-0.4, -0.2) is 0 Å². The van der Waals surface area contributed by atoms with Crippen molar-refractivity contribution in [3.8, 4) is 0 Å². The van der Waals surface area contributed by atoms with Gasteiger partial charge in [-0.1, -0.05) is 6.07 Å². The summed E-state index contributed by atoms with van der Waals surface area (Å²) in [6.07, 6.45) is 0.